The maximum absolute atomic E-state index is 12.7. The number of benzene rings is 3. The summed E-state index contributed by atoms with van der Waals surface area (Å²) in [6.07, 6.45) is 2.49. The van der Waals surface area contributed by atoms with Crippen LogP contribution >= 0.6 is 0 Å². The molecule has 48 heavy (non-hydrogen) atoms. The smallest absolute Gasteiger partial charge is 0.358 e. The minimum atomic E-state index is -1.37. The van der Waals surface area contributed by atoms with E-state index in [-0.39, 0.29) is 45.3 Å². The van der Waals surface area contributed by atoms with Crippen LogP contribution in [0.3, 0.4) is 0 Å². The molecule has 0 spiro atoms. The molecule has 0 aliphatic carbocycles. The highest BCUT2D eigenvalue weighted by Gasteiger charge is 2.20. The lowest BCUT2D eigenvalue weighted by Crippen LogP contribution is -2.14. The number of aromatic carboxylic acids is 2. The number of ether oxygens (including phenoxy) is 4. The van der Waals surface area contributed by atoms with Crippen molar-refractivity contribution in [3.63, 3.8) is 0 Å². The van der Waals surface area contributed by atoms with Crippen LogP contribution in [0.2, 0.25) is 0 Å². The largest absolute Gasteiger partial charge is 0.476 e. The molecule has 14 nitrogen and oxygen atoms in total. The molecule has 0 atom stereocenters. The fourth-order valence-electron chi connectivity index (χ4n) is 4.00. The summed E-state index contributed by atoms with van der Waals surface area (Å²) < 4.78 is 21.0. The van der Waals surface area contributed by atoms with Gasteiger partial charge in [0.15, 0.2) is 22.9 Å². The minimum Gasteiger partial charge on any atom is -0.476 e. The van der Waals surface area contributed by atoms with Crippen LogP contribution < -0.4 is 18.9 Å². The highest BCUT2D eigenvalue weighted by atomic mass is 16.6. The van der Waals surface area contributed by atoms with Crippen LogP contribution in [-0.2, 0) is 0 Å². The van der Waals surface area contributed by atoms with E-state index in [9.17, 15) is 39.0 Å². The SMILES string of the molecule is O=C(Oc1cccc(OC(=O)c2ccc(C(=O)Oc3cccnc3C(=O)O)cc2)c1)c1ccc(C(=O)Oc2cccnc2C(=O)O)cc1. The second-order valence-corrected chi connectivity index (χ2v) is 9.50. The van der Waals surface area contributed by atoms with Crippen molar-refractivity contribution in [3.05, 3.63) is 143 Å². The van der Waals surface area contributed by atoms with E-state index in [1.807, 2.05) is 0 Å². The quantitative estimate of drug-likeness (QED) is 0.155. The molecule has 0 fully saturated rings. The Kier molecular flexibility index (Phi) is 9.56. The number of hydrogen-bond donors (Lipinski definition) is 2. The predicted molar refractivity (Wildman–Crippen MR) is 162 cm³/mol. The molecule has 2 heterocycles. The molecule has 0 amide bonds. The molecule has 2 aromatic heterocycles. The van der Waals surface area contributed by atoms with Crippen molar-refractivity contribution in [2.45, 2.75) is 0 Å². The van der Waals surface area contributed by atoms with Gasteiger partial charge in [-0.1, -0.05) is 6.07 Å². The van der Waals surface area contributed by atoms with Crippen LogP contribution in [0, 0.1) is 0 Å². The van der Waals surface area contributed by atoms with Gasteiger partial charge in [0.2, 0.25) is 0 Å². The average molecular weight is 649 g/mol. The highest BCUT2D eigenvalue weighted by Crippen LogP contribution is 2.23. The number of carboxylic acid groups (broad SMARTS) is 2. The highest BCUT2D eigenvalue weighted by molar-refractivity contribution is 5.97. The zero-order valence-corrected chi connectivity index (χ0v) is 24.3. The van der Waals surface area contributed by atoms with Gasteiger partial charge in [0, 0.05) is 18.5 Å². The van der Waals surface area contributed by atoms with Crippen LogP contribution in [0.1, 0.15) is 62.4 Å². The molecular weight excluding hydrogens is 628 g/mol. The average Bonchev–Trinajstić information content (AvgIpc) is 3.08. The van der Waals surface area contributed by atoms with Crippen molar-refractivity contribution in [2.24, 2.45) is 0 Å². The normalized spacial score (nSPS) is 10.3. The summed E-state index contributed by atoms with van der Waals surface area (Å²) in [6, 6.07) is 21.5. The third-order valence-electron chi connectivity index (χ3n) is 6.29. The third-order valence-corrected chi connectivity index (χ3v) is 6.29. The summed E-state index contributed by atoms with van der Waals surface area (Å²) in [4.78, 5) is 80.4. The first-order chi connectivity index (χ1) is 23.1. The zero-order chi connectivity index (χ0) is 34.2. The number of pyridine rings is 2. The number of esters is 4. The van der Waals surface area contributed by atoms with Gasteiger partial charge in [0.25, 0.3) is 0 Å². The maximum atomic E-state index is 12.7. The topological polar surface area (TPSA) is 206 Å². The lowest BCUT2D eigenvalue weighted by molar-refractivity contribution is 0.0655. The Labute approximate surface area is 269 Å². The van der Waals surface area contributed by atoms with Gasteiger partial charge in [0.05, 0.1) is 22.3 Å². The van der Waals surface area contributed by atoms with E-state index >= 15 is 0 Å². The van der Waals surface area contributed by atoms with Gasteiger partial charge in [0.1, 0.15) is 11.5 Å². The molecule has 0 aliphatic rings. The van der Waals surface area contributed by atoms with Crippen LogP contribution in [0.25, 0.3) is 0 Å². The van der Waals surface area contributed by atoms with Crippen LogP contribution in [0.15, 0.2) is 109 Å². The van der Waals surface area contributed by atoms with Gasteiger partial charge in [-0.05, 0) is 84.9 Å². The Morgan fingerprint density at radius 2 is 0.771 bits per heavy atom. The lowest BCUT2D eigenvalue weighted by Gasteiger charge is -2.09. The van der Waals surface area contributed by atoms with Crippen LogP contribution in [0.4, 0.5) is 0 Å². The van der Waals surface area contributed by atoms with E-state index < -0.39 is 47.2 Å². The molecule has 3 aromatic carbocycles. The number of nitrogens with zero attached hydrogens (tertiary/aromatic N) is 2. The molecule has 0 saturated carbocycles. The van der Waals surface area contributed by atoms with Crippen molar-refractivity contribution in [1.82, 2.24) is 9.97 Å². The Balaban J connectivity index is 1.18. The molecule has 5 aromatic rings. The molecule has 0 saturated heterocycles. The zero-order valence-electron chi connectivity index (χ0n) is 24.3. The summed E-state index contributed by atoms with van der Waals surface area (Å²) in [5.41, 5.74) is -0.659. The maximum Gasteiger partial charge on any atom is 0.358 e. The first kappa shape index (κ1) is 32.2. The van der Waals surface area contributed by atoms with E-state index in [1.165, 1.54) is 109 Å². The standard InChI is InChI=1S/C34H20N2O12/c37-29(38)27-25(6-2-16-35-27)47-33(43)21-12-8-19(9-13-21)31(41)45-23-4-1-5-24(18-23)46-32(42)20-10-14-22(15-11-20)34(44)48-26-7-3-17-36-28(26)30(39)40/h1-18H,(H,37,38)(H,39,40). The van der Waals surface area contributed by atoms with Gasteiger partial charge in [-0.25, -0.2) is 38.7 Å². The number of rotatable bonds is 10. The molecule has 0 bridgehead atoms. The van der Waals surface area contributed by atoms with Crippen molar-refractivity contribution < 1.29 is 57.9 Å². The number of hydrogen-bond acceptors (Lipinski definition) is 12. The first-order valence-electron chi connectivity index (χ1n) is 13.6. The van der Waals surface area contributed by atoms with Gasteiger partial charge >= 0.3 is 35.8 Å². The number of carbonyl (C=O) groups excluding carboxylic acids is 4. The molecule has 14 heteroatoms. The van der Waals surface area contributed by atoms with Crippen molar-refractivity contribution in [2.75, 3.05) is 0 Å². The fraction of sp³-hybridized carbons (Fsp3) is 0. The Morgan fingerprint density at radius 1 is 0.438 bits per heavy atom. The first-order valence-corrected chi connectivity index (χ1v) is 13.6. The summed E-state index contributed by atoms with van der Waals surface area (Å²) in [7, 11) is 0. The summed E-state index contributed by atoms with van der Waals surface area (Å²) in [5.74, 6) is -6.45. The molecule has 0 unspecified atom stereocenters. The Hall–Kier alpha value is -7.22. The molecule has 0 aliphatic heterocycles. The van der Waals surface area contributed by atoms with Crippen LogP contribution in [-0.4, -0.2) is 56.0 Å². The van der Waals surface area contributed by atoms with E-state index in [0.29, 0.717) is 0 Å². The minimum absolute atomic E-state index is 0.0337. The Bertz CT molecular complexity index is 1910. The molecule has 2 N–H and O–H groups in total. The fourth-order valence-corrected chi connectivity index (χ4v) is 4.00. The van der Waals surface area contributed by atoms with Gasteiger partial charge in [-0.3, -0.25) is 0 Å². The summed E-state index contributed by atoms with van der Waals surface area (Å²) >= 11 is 0. The van der Waals surface area contributed by atoms with E-state index in [2.05, 4.69) is 9.97 Å². The van der Waals surface area contributed by atoms with Crippen molar-refractivity contribution in [1.29, 1.82) is 0 Å². The van der Waals surface area contributed by atoms with Crippen LogP contribution in [0.5, 0.6) is 23.0 Å². The Morgan fingerprint density at radius 3 is 1.10 bits per heavy atom. The number of carboxylic acids is 2. The summed E-state index contributed by atoms with van der Waals surface area (Å²) in [5, 5.41) is 18.4. The van der Waals surface area contributed by atoms with Crippen molar-refractivity contribution in [3.8, 4) is 23.0 Å². The van der Waals surface area contributed by atoms with Gasteiger partial charge < -0.3 is 29.2 Å². The van der Waals surface area contributed by atoms with E-state index in [4.69, 9.17) is 18.9 Å². The predicted octanol–water partition coefficient (Wildman–Crippen LogP) is 4.75. The molecular formula is C34H20N2O12. The number of carbonyl (C=O) groups is 6. The summed E-state index contributed by atoms with van der Waals surface area (Å²) in [6.45, 7) is 0. The van der Waals surface area contributed by atoms with E-state index in [1.54, 1.807) is 0 Å². The van der Waals surface area contributed by atoms with Gasteiger partial charge in [-0.2, -0.15) is 0 Å². The second kappa shape index (κ2) is 14.3. The monoisotopic (exact) mass is 648 g/mol. The van der Waals surface area contributed by atoms with Gasteiger partial charge in [-0.15, -0.1) is 0 Å². The van der Waals surface area contributed by atoms with Crippen molar-refractivity contribution >= 4 is 35.8 Å². The van der Waals surface area contributed by atoms with E-state index in [0.717, 1.165) is 0 Å². The second-order valence-electron chi connectivity index (χ2n) is 9.50. The lowest BCUT2D eigenvalue weighted by atomic mass is 10.1. The molecule has 0 radical (unpaired) electrons. The molecule has 5 rings (SSSR count). The number of aromatic nitrogens is 2. The third kappa shape index (κ3) is 7.70. The molecule has 238 valence electrons.